The quantitative estimate of drug-likeness (QED) is 0.458. The van der Waals surface area contributed by atoms with Crippen LogP contribution in [0.5, 0.6) is 0 Å². The lowest BCUT2D eigenvalue weighted by molar-refractivity contribution is 0.0933. The van der Waals surface area contributed by atoms with E-state index in [-0.39, 0.29) is 12.0 Å². The van der Waals surface area contributed by atoms with Gasteiger partial charge in [0.25, 0.3) is 0 Å². The van der Waals surface area contributed by atoms with E-state index in [0.717, 1.165) is 25.2 Å². The van der Waals surface area contributed by atoms with E-state index in [0.29, 0.717) is 5.25 Å². The monoisotopic (exact) mass is 266 g/mol. The highest BCUT2D eigenvalue weighted by atomic mass is 32.2. The topological polar surface area (TPSA) is 29.5 Å². The van der Waals surface area contributed by atoms with Crippen LogP contribution in [0.1, 0.15) is 40.0 Å². The van der Waals surface area contributed by atoms with E-state index in [1.807, 2.05) is 23.5 Å². The minimum Gasteiger partial charge on any atom is -0.396 e. The van der Waals surface area contributed by atoms with E-state index >= 15 is 0 Å². The van der Waals surface area contributed by atoms with Gasteiger partial charge in [0.15, 0.2) is 0 Å². The lowest BCUT2D eigenvalue weighted by Gasteiger charge is -2.16. The number of aliphatic hydroxyl groups is 1. The third-order valence-electron chi connectivity index (χ3n) is 1.92. The van der Waals surface area contributed by atoms with Crippen LogP contribution < -0.4 is 0 Å². The summed E-state index contributed by atoms with van der Waals surface area (Å²) in [7, 11) is 0. The van der Waals surface area contributed by atoms with Gasteiger partial charge in [0.2, 0.25) is 0 Å². The largest absolute Gasteiger partial charge is 0.396 e. The normalized spacial score (nSPS) is 13.3. The molecule has 0 amide bonds. The van der Waals surface area contributed by atoms with Crippen molar-refractivity contribution in [3.63, 3.8) is 0 Å². The molecule has 0 aliphatic heterocycles. The predicted molar refractivity (Wildman–Crippen MR) is 76.4 cm³/mol. The molecule has 16 heavy (non-hydrogen) atoms. The van der Waals surface area contributed by atoms with Crippen molar-refractivity contribution < 1.29 is 9.84 Å². The maximum absolute atomic E-state index is 8.91. The Hall–Kier alpha value is 0.620. The highest BCUT2D eigenvalue weighted by Crippen LogP contribution is 2.18. The first-order valence-corrected chi connectivity index (χ1v) is 8.26. The van der Waals surface area contributed by atoms with Gasteiger partial charge in [0.1, 0.15) is 5.44 Å². The molecule has 1 unspecified atom stereocenters. The summed E-state index contributed by atoms with van der Waals surface area (Å²) in [6.07, 6.45) is 3.03. The van der Waals surface area contributed by atoms with Gasteiger partial charge in [-0.15, -0.1) is 11.8 Å². The van der Waals surface area contributed by atoms with Gasteiger partial charge >= 0.3 is 0 Å². The van der Waals surface area contributed by atoms with Gasteiger partial charge in [-0.1, -0.05) is 20.8 Å². The minimum atomic E-state index is 0.189. The summed E-state index contributed by atoms with van der Waals surface area (Å²) in [6.45, 7) is 7.65. The molecule has 0 saturated heterocycles. The Balaban J connectivity index is 3.43. The molecule has 2 nitrogen and oxygen atoms in total. The maximum atomic E-state index is 8.91. The summed E-state index contributed by atoms with van der Waals surface area (Å²) < 4.78 is 5.76. The average molecular weight is 266 g/mol. The van der Waals surface area contributed by atoms with Crippen molar-refractivity contribution in [3.05, 3.63) is 0 Å². The molecule has 0 radical (unpaired) electrons. The van der Waals surface area contributed by atoms with Crippen molar-refractivity contribution >= 4 is 23.5 Å². The molecule has 0 saturated carbocycles. The second-order valence-electron chi connectivity index (χ2n) is 3.96. The number of ether oxygens (including phenoxy) is 1. The fourth-order valence-corrected chi connectivity index (χ4v) is 2.88. The van der Waals surface area contributed by atoms with Crippen LogP contribution in [-0.2, 0) is 4.74 Å². The van der Waals surface area contributed by atoms with Crippen LogP contribution >= 0.6 is 23.5 Å². The molecule has 0 aliphatic rings. The Labute approximate surface area is 109 Å². The third-order valence-corrected chi connectivity index (χ3v) is 4.49. The molecular weight excluding hydrogens is 240 g/mol. The molecule has 1 N–H and O–H groups in total. The molecule has 4 heteroatoms. The first-order chi connectivity index (χ1) is 7.70. The highest BCUT2D eigenvalue weighted by Gasteiger charge is 2.08. The molecule has 0 aromatic carbocycles. The Morgan fingerprint density at radius 3 is 2.50 bits per heavy atom. The first kappa shape index (κ1) is 16.6. The Morgan fingerprint density at radius 1 is 1.19 bits per heavy atom. The van der Waals surface area contributed by atoms with Crippen molar-refractivity contribution in [2.24, 2.45) is 0 Å². The first-order valence-electron chi connectivity index (χ1n) is 6.16. The molecule has 0 rings (SSSR count). The summed E-state index contributed by atoms with van der Waals surface area (Å²) in [6, 6.07) is 0. The zero-order valence-corrected chi connectivity index (χ0v) is 12.4. The summed E-state index contributed by atoms with van der Waals surface area (Å²) >= 11 is 3.80. The molecule has 1 atom stereocenters. The molecule has 98 valence electrons. The second kappa shape index (κ2) is 12.1. The van der Waals surface area contributed by atoms with E-state index in [1.165, 1.54) is 12.2 Å². The SMILES string of the molecule is CCCSC(CCO)OCCCSC(C)C. The van der Waals surface area contributed by atoms with Gasteiger partial charge in [-0.25, -0.2) is 0 Å². The highest BCUT2D eigenvalue weighted by molar-refractivity contribution is 8.00. The van der Waals surface area contributed by atoms with Crippen LogP contribution in [-0.4, -0.2) is 40.5 Å². The van der Waals surface area contributed by atoms with Gasteiger partial charge in [-0.2, -0.15) is 11.8 Å². The van der Waals surface area contributed by atoms with E-state index in [4.69, 9.17) is 9.84 Å². The van der Waals surface area contributed by atoms with Crippen LogP contribution in [0, 0.1) is 0 Å². The number of hydrogen-bond donors (Lipinski definition) is 1. The molecule has 0 spiro atoms. The lowest BCUT2D eigenvalue weighted by atomic mass is 10.5. The van der Waals surface area contributed by atoms with Crippen molar-refractivity contribution in [2.45, 2.75) is 50.7 Å². The predicted octanol–water partition coefficient (Wildman–Crippen LogP) is 3.39. The average Bonchev–Trinajstić information content (AvgIpc) is 2.24. The Kier molecular flexibility index (Phi) is 12.6. The number of hydrogen-bond acceptors (Lipinski definition) is 4. The van der Waals surface area contributed by atoms with Crippen molar-refractivity contribution in [3.8, 4) is 0 Å². The van der Waals surface area contributed by atoms with Crippen LogP contribution in [0.2, 0.25) is 0 Å². The summed E-state index contributed by atoms with van der Waals surface area (Å²) in [5.41, 5.74) is 0.189. The van der Waals surface area contributed by atoms with Gasteiger partial charge in [-0.3, -0.25) is 0 Å². The Morgan fingerprint density at radius 2 is 1.94 bits per heavy atom. The fourth-order valence-electron chi connectivity index (χ4n) is 1.16. The fraction of sp³-hybridized carbons (Fsp3) is 1.00. The van der Waals surface area contributed by atoms with E-state index in [2.05, 4.69) is 20.8 Å². The molecular formula is C12H26O2S2. The van der Waals surface area contributed by atoms with E-state index in [1.54, 1.807) is 0 Å². The number of rotatable bonds is 11. The Bertz CT molecular complexity index is 143. The molecule has 0 bridgehead atoms. The molecule has 0 aromatic heterocycles. The van der Waals surface area contributed by atoms with Crippen LogP contribution in [0.3, 0.4) is 0 Å². The van der Waals surface area contributed by atoms with Crippen LogP contribution in [0.4, 0.5) is 0 Å². The van der Waals surface area contributed by atoms with E-state index in [9.17, 15) is 0 Å². The number of thioether (sulfide) groups is 2. The molecule has 0 aliphatic carbocycles. The standard InChI is InChI=1S/C12H26O2S2/c1-4-9-16-12(6-7-13)14-8-5-10-15-11(2)3/h11-13H,4-10H2,1-3H3. The summed E-state index contributed by atoms with van der Waals surface area (Å²) in [5.74, 6) is 2.29. The van der Waals surface area contributed by atoms with Crippen molar-refractivity contribution in [1.82, 2.24) is 0 Å². The zero-order chi connectivity index (χ0) is 12.2. The lowest BCUT2D eigenvalue weighted by Crippen LogP contribution is -2.13. The minimum absolute atomic E-state index is 0.189. The molecule has 0 aromatic rings. The van der Waals surface area contributed by atoms with Crippen molar-refractivity contribution in [2.75, 3.05) is 24.7 Å². The van der Waals surface area contributed by atoms with Gasteiger partial charge in [0.05, 0.1) is 0 Å². The second-order valence-corrected chi connectivity index (χ2v) is 6.91. The summed E-state index contributed by atoms with van der Waals surface area (Å²) in [4.78, 5) is 0. The smallest absolute Gasteiger partial charge is 0.105 e. The zero-order valence-electron chi connectivity index (χ0n) is 10.8. The van der Waals surface area contributed by atoms with E-state index < -0.39 is 0 Å². The number of aliphatic hydroxyl groups excluding tert-OH is 1. The maximum Gasteiger partial charge on any atom is 0.105 e. The third kappa shape index (κ3) is 11.1. The van der Waals surface area contributed by atoms with Gasteiger partial charge in [0, 0.05) is 19.6 Å². The van der Waals surface area contributed by atoms with Crippen LogP contribution in [0.25, 0.3) is 0 Å². The van der Waals surface area contributed by atoms with Crippen molar-refractivity contribution in [1.29, 1.82) is 0 Å². The molecule has 0 fully saturated rings. The van der Waals surface area contributed by atoms with Gasteiger partial charge in [-0.05, 0) is 29.6 Å². The van der Waals surface area contributed by atoms with Crippen LogP contribution in [0.15, 0.2) is 0 Å². The summed E-state index contributed by atoms with van der Waals surface area (Å²) in [5, 5.41) is 9.62. The molecule has 0 heterocycles. The van der Waals surface area contributed by atoms with Gasteiger partial charge < -0.3 is 9.84 Å².